The summed E-state index contributed by atoms with van der Waals surface area (Å²) >= 11 is 9.41. The fraction of sp³-hybridized carbons (Fsp3) is 0.250. The molecule has 0 radical (unpaired) electrons. The Balaban J connectivity index is 2.52. The fourth-order valence-electron chi connectivity index (χ4n) is 1.99. The Hall–Kier alpha value is -0.950. The highest BCUT2D eigenvalue weighted by Crippen LogP contribution is 2.29. The van der Waals surface area contributed by atoms with Crippen LogP contribution in [0.15, 0.2) is 28.9 Å². The molecule has 0 amide bonds. The molecule has 0 aliphatic heterocycles. The van der Waals surface area contributed by atoms with Crippen LogP contribution >= 0.6 is 27.5 Å². The first-order valence-corrected chi connectivity index (χ1v) is 6.87. The van der Waals surface area contributed by atoms with E-state index in [1.165, 1.54) is 12.1 Å². The van der Waals surface area contributed by atoms with E-state index in [-0.39, 0.29) is 5.82 Å². The second-order valence-electron chi connectivity index (χ2n) is 4.00. The molecule has 0 aliphatic rings. The van der Waals surface area contributed by atoms with Crippen molar-refractivity contribution in [3.05, 3.63) is 51.0 Å². The van der Waals surface area contributed by atoms with Gasteiger partial charge in [0.15, 0.2) is 0 Å². The van der Waals surface area contributed by atoms with Crippen molar-refractivity contribution in [2.45, 2.75) is 19.5 Å². The lowest BCUT2D eigenvalue weighted by atomic mass is 10.0. The van der Waals surface area contributed by atoms with Crippen LogP contribution in [-0.4, -0.2) is 9.78 Å². The van der Waals surface area contributed by atoms with Crippen molar-refractivity contribution < 1.29 is 4.39 Å². The molecule has 1 heterocycles. The van der Waals surface area contributed by atoms with Gasteiger partial charge in [-0.1, -0.05) is 27.5 Å². The molecule has 1 atom stereocenters. The molecule has 3 N–H and O–H groups in total. The van der Waals surface area contributed by atoms with Crippen molar-refractivity contribution in [2.24, 2.45) is 5.84 Å². The number of hydrazine groups is 1. The molecular formula is C12H13BrClFN4. The molecule has 0 aliphatic carbocycles. The molecule has 1 aromatic heterocycles. The number of aryl methyl sites for hydroxylation is 1. The Morgan fingerprint density at radius 2 is 2.26 bits per heavy atom. The first-order chi connectivity index (χ1) is 9.06. The number of rotatable bonds is 4. The van der Waals surface area contributed by atoms with Gasteiger partial charge in [0.25, 0.3) is 0 Å². The van der Waals surface area contributed by atoms with Gasteiger partial charge in [-0.15, -0.1) is 0 Å². The second-order valence-corrected chi connectivity index (χ2v) is 5.32. The minimum Gasteiger partial charge on any atom is -0.271 e. The minimum absolute atomic E-state index is 0.344. The lowest BCUT2D eigenvalue weighted by molar-refractivity contribution is 0.539. The van der Waals surface area contributed by atoms with Gasteiger partial charge in [0, 0.05) is 11.0 Å². The normalized spacial score (nSPS) is 12.7. The van der Waals surface area contributed by atoms with E-state index >= 15 is 0 Å². The van der Waals surface area contributed by atoms with Gasteiger partial charge >= 0.3 is 0 Å². The average molecular weight is 348 g/mol. The fourth-order valence-corrected chi connectivity index (χ4v) is 2.72. The van der Waals surface area contributed by atoms with Gasteiger partial charge in [-0.05, 0) is 30.7 Å². The molecule has 0 saturated heterocycles. The summed E-state index contributed by atoms with van der Waals surface area (Å²) in [5.41, 5.74) is 4.04. The number of aromatic nitrogens is 2. The summed E-state index contributed by atoms with van der Waals surface area (Å²) in [6.45, 7) is 2.60. The van der Waals surface area contributed by atoms with Gasteiger partial charge in [0.2, 0.25) is 0 Å². The number of halogens is 3. The third-order valence-corrected chi connectivity index (χ3v) is 3.54. The zero-order valence-corrected chi connectivity index (χ0v) is 12.5. The summed E-state index contributed by atoms with van der Waals surface area (Å²) in [4.78, 5) is 0. The Labute approximate surface area is 123 Å². The summed E-state index contributed by atoms with van der Waals surface area (Å²) in [7, 11) is 0. The van der Waals surface area contributed by atoms with Crippen molar-refractivity contribution in [1.82, 2.24) is 15.2 Å². The molecule has 2 rings (SSSR count). The first kappa shape index (κ1) is 14.5. The van der Waals surface area contributed by atoms with Gasteiger partial charge in [-0.25, -0.2) is 9.82 Å². The predicted molar refractivity (Wildman–Crippen MR) is 76.2 cm³/mol. The van der Waals surface area contributed by atoms with Crippen LogP contribution in [-0.2, 0) is 6.54 Å². The summed E-state index contributed by atoms with van der Waals surface area (Å²) in [5.74, 6) is 5.26. The monoisotopic (exact) mass is 346 g/mol. The molecule has 1 aromatic carbocycles. The van der Waals surface area contributed by atoms with E-state index in [2.05, 4.69) is 26.5 Å². The topological polar surface area (TPSA) is 55.9 Å². The van der Waals surface area contributed by atoms with E-state index in [9.17, 15) is 4.39 Å². The standard InChI is InChI=1S/C12H13BrClFN4/c1-2-19-12(10(14)6-17-19)11(18-16)7-3-8(13)5-9(15)4-7/h3-6,11,18H,2,16H2,1H3. The predicted octanol–water partition coefficient (Wildman–Crippen LogP) is 3.01. The lowest BCUT2D eigenvalue weighted by Crippen LogP contribution is -2.31. The first-order valence-electron chi connectivity index (χ1n) is 5.70. The van der Waals surface area contributed by atoms with Crippen molar-refractivity contribution in [3.8, 4) is 0 Å². The molecule has 4 nitrogen and oxygen atoms in total. The van der Waals surface area contributed by atoms with Crippen LogP contribution in [0.4, 0.5) is 4.39 Å². The van der Waals surface area contributed by atoms with Crippen LogP contribution in [0.5, 0.6) is 0 Å². The van der Waals surface area contributed by atoms with Crippen molar-refractivity contribution in [1.29, 1.82) is 0 Å². The number of nitrogens with zero attached hydrogens (tertiary/aromatic N) is 2. The van der Waals surface area contributed by atoms with E-state index < -0.39 is 6.04 Å². The number of hydrogen-bond acceptors (Lipinski definition) is 3. The van der Waals surface area contributed by atoms with E-state index in [1.807, 2.05) is 6.92 Å². The van der Waals surface area contributed by atoms with Crippen molar-refractivity contribution in [3.63, 3.8) is 0 Å². The molecule has 1 unspecified atom stereocenters. The van der Waals surface area contributed by atoms with Crippen molar-refractivity contribution in [2.75, 3.05) is 0 Å². The Morgan fingerprint density at radius 1 is 1.53 bits per heavy atom. The van der Waals surface area contributed by atoms with Gasteiger partial charge in [0.05, 0.1) is 23.0 Å². The molecular weight excluding hydrogens is 335 g/mol. The third kappa shape index (κ3) is 2.97. The highest BCUT2D eigenvalue weighted by molar-refractivity contribution is 9.10. The molecule has 0 spiro atoms. The largest absolute Gasteiger partial charge is 0.271 e. The summed E-state index contributed by atoms with van der Waals surface area (Å²) in [6.07, 6.45) is 1.55. The van der Waals surface area contributed by atoms with Crippen LogP contribution in [0.3, 0.4) is 0 Å². The van der Waals surface area contributed by atoms with Gasteiger partial charge in [0.1, 0.15) is 5.82 Å². The summed E-state index contributed by atoms with van der Waals surface area (Å²) in [5, 5.41) is 4.65. The molecule has 19 heavy (non-hydrogen) atoms. The molecule has 102 valence electrons. The van der Waals surface area contributed by atoms with Crippen LogP contribution < -0.4 is 11.3 Å². The van der Waals surface area contributed by atoms with E-state index in [4.69, 9.17) is 17.4 Å². The van der Waals surface area contributed by atoms with Crippen LogP contribution in [0.25, 0.3) is 0 Å². The second kappa shape index (κ2) is 6.00. The third-order valence-electron chi connectivity index (χ3n) is 2.79. The number of nitrogens with one attached hydrogen (secondary N) is 1. The maximum Gasteiger partial charge on any atom is 0.124 e. The highest BCUT2D eigenvalue weighted by atomic mass is 79.9. The molecule has 7 heteroatoms. The number of benzene rings is 1. The minimum atomic E-state index is -0.429. The SMILES string of the molecule is CCn1ncc(Cl)c1C(NN)c1cc(F)cc(Br)c1. The van der Waals surface area contributed by atoms with Crippen LogP contribution in [0.1, 0.15) is 24.2 Å². The maximum absolute atomic E-state index is 13.5. The molecule has 2 aromatic rings. The lowest BCUT2D eigenvalue weighted by Gasteiger charge is -2.18. The number of nitrogens with two attached hydrogens (primary N) is 1. The Morgan fingerprint density at radius 3 is 2.84 bits per heavy atom. The van der Waals surface area contributed by atoms with Crippen LogP contribution in [0.2, 0.25) is 5.02 Å². The van der Waals surface area contributed by atoms with Gasteiger partial charge in [-0.3, -0.25) is 10.5 Å². The maximum atomic E-state index is 13.5. The van der Waals surface area contributed by atoms with Crippen LogP contribution in [0, 0.1) is 5.82 Å². The number of hydrogen-bond donors (Lipinski definition) is 2. The molecule has 0 saturated carbocycles. The smallest absolute Gasteiger partial charge is 0.124 e. The van der Waals surface area contributed by atoms with E-state index in [1.54, 1.807) is 16.9 Å². The van der Waals surface area contributed by atoms with E-state index in [0.717, 1.165) is 0 Å². The van der Waals surface area contributed by atoms with E-state index in [0.29, 0.717) is 27.3 Å². The highest BCUT2D eigenvalue weighted by Gasteiger charge is 2.21. The Bertz CT molecular complexity index is 567. The van der Waals surface area contributed by atoms with Gasteiger partial charge in [-0.2, -0.15) is 5.10 Å². The molecule has 0 fully saturated rings. The zero-order valence-electron chi connectivity index (χ0n) is 10.2. The van der Waals surface area contributed by atoms with Gasteiger partial charge < -0.3 is 0 Å². The average Bonchev–Trinajstić information content (AvgIpc) is 2.71. The molecule has 0 bridgehead atoms. The quantitative estimate of drug-likeness (QED) is 0.660. The zero-order chi connectivity index (χ0) is 14.0. The summed E-state index contributed by atoms with van der Waals surface area (Å²) in [6, 6.07) is 4.16. The summed E-state index contributed by atoms with van der Waals surface area (Å²) < 4.78 is 15.9. The Kier molecular flexibility index (Phi) is 4.57. The van der Waals surface area contributed by atoms with Crippen molar-refractivity contribution >= 4 is 27.5 Å².